The molecule has 16 heavy (non-hydrogen) atoms. The fourth-order valence-corrected chi connectivity index (χ4v) is 1.14. The van der Waals surface area contributed by atoms with Crippen LogP contribution in [0.4, 0.5) is 0 Å². The molecule has 0 aliphatic carbocycles. The van der Waals surface area contributed by atoms with Crippen LogP contribution in [0.15, 0.2) is 18.3 Å². The zero-order chi connectivity index (χ0) is 12.1. The molecule has 4 N–H and O–H groups in total. The van der Waals surface area contributed by atoms with Gasteiger partial charge >= 0.3 is 5.97 Å². The summed E-state index contributed by atoms with van der Waals surface area (Å²) in [5.41, 5.74) is 4.85. The summed E-state index contributed by atoms with van der Waals surface area (Å²) in [4.78, 5) is 32.3. The molecule has 1 heterocycles. The molecule has 0 aromatic carbocycles. The summed E-state index contributed by atoms with van der Waals surface area (Å²) < 4.78 is 1.26. The minimum atomic E-state index is -1.12. The third-order valence-electron chi connectivity index (χ3n) is 1.82. The van der Waals surface area contributed by atoms with Gasteiger partial charge in [-0.1, -0.05) is 0 Å². The standard InChI is InChI=1S/C9H11N3O4/c10-7(13)4-11-8(14)5-12-3-1-2-6(12)9(15)16/h1-3H,4-5H2,(H2,10,13)(H,11,14)(H,15,16). The Labute approximate surface area is 90.8 Å². The zero-order valence-corrected chi connectivity index (χ0v) is 8.34. The van der Waals surface area contributed by atoms with E-state index in [9.17, 15) is 14.4 Å². The molecule has 1 aromatic rings. The molecule has 0 saturated heterocycles. The van der Waals surface area contributed by atoms with Gasteiger partial charge in [-0.2, -0.15) is 0 Å². The van der Waals surface area contributed by atoms with E-state index in [1.165, 1.54) is 22.9 Å². The number of aromatic carboxylic acids is 1. The molecule has 0 bridgehead atoms. The summed E-state index contributed by atoms with van der Waals surface area (Å²) in [6, 6.07) is 2.90. The number of nitrogens with two attached hydrogens (primary N) is 1. The second kappa shape index (κ2) is 4.96. The lowest BCUT2D eigenvalue weighted by atomic mass is 10.4. The average molecular weight is 225 g/mol. The lowest BCUT2D eigenvalue weighted by molar-refractivity contribution is -0.125. The van der Waals surface area contributed by atoms with Crippen molar-refractivity contribution in [3.05, 3.63) is 24.0 Å². The van der Waals surface area contributed by atoms with Crippen LogP contribution in [0.25, 0.3) is 0 Å². The Bertz CT molecular complexity index is 424. The van der Waals surface area contributed by atoms with Crippen molar-refractivity contribution in [2.24, 2.45) is 5.73 Å². The van der Waals surface area contributed by atoms with Crippen molar-refractivity contribution >= 4 is 17.8 Å². The molecule has 2 amide bonds. The van der Waals surface area contributed by atoms with Crippen LogP contribution in [0.5, 0.6) is 0 Å². The van der Waals surface area contributed by atoms with Crippen molar-refractivity contribution in [2.75, 3.05) is 6.54 Å². The minimum absolute atomic E-state index is 0.00854. The molecular formula is C9H11N3O4. The maximum Gasteiger partial charge on any atom is 0.352 e. The molecule has 0 unspecified atom stereocenters. The molecule has 0 aliphatic heterocycles. The molecule has 0 spiro atoms. The highest BCUT2D eigenvalue weighted by Crippen LogP contribution is 2.01. The van der Waals surface area contributed by atoms with Gasteiger partial charge in [-0.3, -0.25) is 9.59 Å². The molecule has 0 radical (unpaired) electrons. The number of nitrogens with zero attached hydrogens (tertiary/aromatic N) is 1. The first-order valence-corrected chi connectivity index (χ1v) is 4.44. The number of aromatic nitrogens is 1. The summed E-state index contributed by atoms with van der Waals surface area (Å²) in [5.74, 6) is -2.25. The SMILES string of the molecule is NC(=O)CNC(=O)Cn1cccc1C(=O)O. The Morgan fingerprint density at radius 1 is 1.44 bits per heavy atom. The van der Waals surface area contributed by atoms with E-state index in [0.717, 1.165) is 0 Å². The fraction of sp³-hybridized carbons (Fsp3) is 0.222. The van der Waals surface area contributed by atoms with Gasteiger partial charge in [-0.25, -0.2) is 4.79 Å². The van der Waals surface area contributed by atoms with Gasteiger partial charge < -0.3 is 20.7 Å². The topological polar surface area (TPSA) is 114 Å². The van der Waals surface area contributed by atoms with Gasteiger partial charge in [0.25, 0.3) is 0 Å². The van der Waals surface area contributed by atoms with E-state index in [1.807, 2.05) is 0 Å². The van der Waals surface area contributed by atoms with Crippen LogP contribution in [-0.4, -0.2) is 34.0 Å². The number of rotatable bonds is 5. The zero-order valence-electron chi connectivity index (χ0n) is 8.34. The third-order valence-corrected chi connectivity index (χ3v) is 1.82. The number of hydrogen-bond acceptors (Lipinski definition) is 3. The van der Waals surface area contributed by atoms with E-state index in [-0.39, 0.29) is 18.8 Å². The number of carbonyl (C=O) groups excluding carboxylic acids is 2. The number of carbonyl (C=O) groups is 3. The fourth-order valence-electron chi connectivity index (χ4n) is 1.14. The van der Waals surface area contributed by atoms with Crippen molar-refractivity contribution < 1.29 is 19.5 Å². The Morgan fingerprint density at radius 3 is 2.69 bits per heavy atom. The highest BCUT2D eigenvalue weighted by Gasteiger charge is 2.11. The lowest BCUT2D eigenvalue weighted by Gasteiger charge is -2.06. The summed E-state index contributed by atoms with van der Waals surface area (Å²) in [7, 11) is 0. The Kier molecular flexibility index (Phi) is 3.65. The number of hydrogen-bond donors (Lipinski definition) is 3. The predicted octanol–water partition coefficient (Wildman–Crippen LogP) is -1.21. The van der Waals surface area contributed by atoms with Crippen molar-refractivity contribution in [1.82, 2.24) is 9.88 Å². The van der Waals surface area contributed by atoms with Crippen molar-refractivity contribution in [1.29, 1.82) is 0 Å². The Hall–Kier alpha value is -2.31. The summed E-state index contributed by atoms with van der Waals surface area (Å²) in [6.45, 7) is -0.426. The smallest absolute Gasteiger partial charge is 0.352 e. The van der Waals surface area contributed by atoms with Crippen LogP contribution >= 0.6 is 0 Å². The van der Waals surface area contributed by atoms with Gasteiger partial charge in [0.2, 0.25) is 11.8 Å². The Morgan fingerprint density at radius 2 is 2.12 bits per heavy atom. The number of amides is 2. The Balaban J connectivity index is 2.59. The van der Waals surface area contributed by atoms with Gasteiger partial charge in [0, 0.05) is 6.20 Å². The first kappa shape index (κ1) is 11.8. The van der Waals surface area contributed by atoms with Gasteiger partial charge in [-0.15, -0.1) is 0 Å². The first-order valence-electron chi connectivity index (χ1n) is 4.44. The lowest BCUT2D eigenvalue weighted by Crippen LogP contribution is -2.35. The molecule has 0 atom stereocenters. The van der Waals surface area contributed by atoms with Crippen molar-refractivity contribution in [3.8, 4) is 0 Å². The van der Waals surface area contributed by atoms with Crippen LogP contribution in [0, 0.1) is 0 Å². The number of primary amides is 1. The first-order chi connectivity index (χ1) is 7.50. The van der Waals surface area contributed by atoms with Crippen molar-refractivity contribution in [3.63, 3.8) is 0 Å². The van der Waals surface area contributed by atoms with E-state index in [1.54, 1.807) is 0 Å². The largest absolute Gasteiger partial charge is 0.477 e. The van der Waals surface area contributed by atoms with Gasteiger partial charge in [0.15, 0.2) is 0 Å². The summed E-state index contributed by atoms with van der Waals surface area (Å²) >= 11 is 0. The van der Waals surface area contributed by atoms with E-state index in [4.69, 9.17) is 10.8 Å². The van der Waals surface area contributed by atoms with Gasteiger partial charge in [0.05, 0.1) is 6.54 Å². The maximum atomic E-state index is 11.3. The second-order valence-electron chi connectivity index (χ2n) is 3.07. The third kappa shape index (κ3) is 3.12. The van der Waals surface area contributed by atoms with E-state index in [0.29, 0.717) is 0 Å². The number of nitrogens with one attached hydrogen (secondary N) is 1. The van der Waals surface area contributed by atoms with E-state index >= 15 is 0 Å². The molecule has 0 saturated carbocycles. The van der Waals surface area contributed by atoms with Gasteiger partial charge in [-0.05, 0) is 12.1 Å². The average Bonchev–Trinajstić information content (AvgIpc) is 2.62. The molecule has 7 heteroatoms. The van der Waals surface area contributed by atoms with E-state index < -0.39 is 17.8 Å². The highest BCUT2D eigenvalue weighted by atomic mass is 16.4. The van der Waals surface area contributed by atoms with Crippen LogP contribution < -0.4 is 11.1 Å². The maximum absolute atomic E-state index is 11.3. The molecule has 0 aliphatic rings. The number of carboxylic acid groups (broad SMARTS) is 1. The summed E-state index contributed by atoms with van der Waals surface area (Å²) in [5, 5.41) is 11.0. The monoisotopic (exact) mass is 225 g/mol. The predicted molar refractivity (Wildman–Crippen MR) is 53.6 cm³/mol. The second-order valence-corrected chi connectivity index (χ2v) is 3.07. The quantitative estimate of drug-likeness (QED) is 0.583. The molecule has 0 fully saturated rings. The molecule has 86 valence electrons. The van der Waals surface area contributed by atoms with Crippen LogP contribution in [0.3, 0.4) is 0 Å². The van der Waals surface area contributed by atoms with E-state index in [2.05, 4.69) is 5.32 Å². The van der Waals surface area contributed by atoms with Crippen LogP contribution in [0.2, 0.25) is 0 Å². The molecular weight excluding hydrogens is 214 g/mol. The van der Waals surface area contributed by atoms with Crippen molar-refractivity contribution in [2.45, 2.75) is 6.54 Å². The highest BCUT2D eigenvalue weighted by molar-refractivity contribution is 5.87. The normalized spacial score (nSPS) is 9.75. The summed E-state index contributed by atoms with van der Waals surface area (Å²) in [6.07, 6.45) is 1.47. The minimum Gasteiger partial charge on any atom is -0.477 e. The number of carboxylic acids is 1. The van der Waals surface area contributed by atoms with Crippen LogP contribution in [0.1, 0.15) is 10.5 Å². The van der Waals surface area contributed by atoms with Crippen LogP contribution in [-0.2, 0) is 16.1 Å². The molecule has 1 aromatic heterocycles. The van der Waals surface area contributed by atoms with Gasteiger partial charge in [0.1, 0.15) is 12.2 Å². The molecule has 1 rings (SSSR count). The molecule has 7 nitrogen and oxygen atoms in total.